The highest BCUT2D eigenvalue weighted by Gasteiger charge is 2.43. The Kier molecular flexibility index (Phi) is 5.53. The molecule has 2 N–H and O–H groups in total. The zero-order valence-corrected chi connectivity index (χ0v) is 13.1. The van der Waals surface area contributed by atoms with Gasteiger partial charge >= 0.3 is 5.97 Å². The Morgan fingerprint density at radius 3 is 2.43 bits per heavy atom. The van der Waals surface area contributed by atoms with Crippen molar-refractivity contribution in [3.63, 3.8) is 0 Å². The van der Waals surface area contributed by atoms with Gasteiger partial charge in [0.25, 0.3) is 0 Å². The summed E-state index contributed by atoms with van der Waals surface area (Å²) in [7, 11) is 0. The number of aliphatic carboxylic acids is 1. The molecule has 1 aliphatic carbocycles. The van der Waals surface area contributed by atoms with Crippen LogP contribution in [0.1, 0.15) is 44.1 Å². The van der Waals surface area contributed by atoms with Gasteiger partial charge in [-0.3, -0.25) is 4.79 Å². The zero-order valence-electron chi connectivity index (χ0n) is 13.1. The molecule has 0 spiro atoms. The Hall–Kier alpha value is -2.17. The van der Waals surface area contributed by atoms with Crippen molar-refractivity contribution in [1.29, 1.82) is 0 Å². The number of rotatable bonds is 7. The molecule has 1 saturated carbocycles. The van der Waals surface area contributed by atoms with Crippen molar-refractivity contribution in [2.75, 3.05) is 0 Å². The molecule has 1 amide bonds. The van der Waals surface area contributed by atoms with Gasteiger partial charge in [-0.1, -0.05) is 31.1 Å². The second-order valence-electron chi connectivity index (χ2n) is 6.03. The van der Waals surface area contributed by atoms with Crippen molar-refractivity contribution in [2.24, 2.45) is 0 Å². The number of carboxylic acids is 1. The lowest BCUT2D eigenvalue weighted by atomic mass is 9.77. The Morgan fingerprint density at radius 2 is 1.91 bits per heavy atom. The van der Waals surface area contributed by atoms with Crippen LogP contribution >= 0.6 is 0 Å². The van der Waals surface area contributed by atoms with E-state index in [1.165, 1.54) is 12.1 Å². The molecule has 2 rings (SSSR count). The molecule has 23 heavy (non-hydrogen) atoms. The maximum atomic E-state index is 13.2. The van der Waals surface area contributed by atoms with E-state index in [0.717, 1.165) is 18.4 Å². The van der Waals surface area contributed by atoms with E-state index < -0.39 is 17.4 Å². The first-order valence-corrected chi connectivity index (χ1v) is 7.90. The number of carbonyl (C=O) groups excluding carboxylic acids is 1. The van der Waals surface area contributed by atoms with Gasteiger partial charge in [-0.05, 0) is 43.4 Å². The van der Waals surface area contributed by atoms with Gasteiger partial charge in [-0.15, -0.1) is 6.58 Å². The predicted molar refractivity (Wildman–Crippen MR) is 85.5 cm³/mol. The van der Waals surface area contributed by atoms with Crippen molar-refractivity contribution in [1.82, 2.24) is 5.32 Å². The standard InChI is InChI=1S/C18H22FNO3/c1-2-3-6-15(16(21)22)20-17(23)18(11-4-5-12-18)13-7-9-14(19)10-8-13/h2,7-10,15H,1,3-6,11-12H2,(H,20,23)(H,21,22). The van der Waals surface area contributed by atoms with E-state index in [9.17, 15) is 19.1 Å². The molecule has 0 radical (unpaired) electrons. The summed E-state index contributed by atoms with van der Waals surface area (Å²) in [4.78, 5) is 24.2. The minimum Gasteiger partial charge on any atom is -0.480 e. The van der Waals surface area contributed by atoms with E-state index in [4.69, 9.17) is 0 Å². The fourth-order valence-corrected chi connectivity index (χ4v) is 3.23. The highest BCUT2D eigenvalue weighted by Crippen LogP contribution is 2.41. The van der Waals surface area contributed by atoms with E-state index in [-0.39, 0.29) is 11.7 Å². The first-order chi connectivity index (χ1) is 11.0. The van der Waals surface area contributed by atoms with Crippen LogP contribution in [0.25, 0.3) is 0 Å². The summed E-state index contributed by atoms with van der Waals surface area (Å²) < 4.78 is 13.2. The lowest BCUT2D eigenvalue weighted by molar-refractivity contribution is -0.143. The summed E-state index contributed by atoms with van der Waals surface area (Å²) in [5.74, 6) is -1.68. The van der Waals surface area contributed by atoms with E-state index in [1.807, 2.05) is 0 Å². The second-order valence-corrected chi connectivity index (χ2v) is 6.03. The number of nitrogens with one attached hydrogen (secondary N) is 1. The highest BCUT2D eigenvalue weighted by molar-refractivity contribution is 5.91. The van der Waals surface area contributed by atoms with Gasteiger partial charge in [0.15, 0.2) is 0 Å². The summed E-state index contributed by atoms with van der Waals surface area (Å²) in [5.41, 5.74) is -0.00276. The van der Waals surface area contributed by atoms with Crippen LogP contribution in [0.4, 0.5) is 4.39 Å². The van der Waals surface area contributed by atoms with Gasteiger partial charge in [-0.25, -0.2) is 9.18 Å². The number of hydrogen-bond acceptors (Lipinski definition) is 2. The van der Waals surface area contributed by atoms with Crippen LogP contribution in [0, 0.1) is 5.82 Å². The third kappa shape index (κ3) is 3.78. The quantitative estimate of drug-likeness (QED) is 0.759. The number of carbonyl (C=O) groups is 2. The minimum absolute atomic E-state index is 0.280. The summed E-state index contributed by atoms with van der Waals surface area (Å²) in [6, 6.07) is 5.00. The van der Waals surface area contributed by atoms with E-state index in [1.54, 1.807) is 18.2 Å². The van der Waals surface area contributed by atoms with Crippen LogP contribution in [0.15, 0.2) is 36.9 Å². The Morgan fingerprint density at radius 1 is 1.30 bits per heavy atom. The van der Waals surface area contributed by atoms with Gasteiger partial charge in [0.1, 0.15) is 11.9 Å². The first kappa shape index (κ1) is 17.2. The SMILES string of the molecule is C=CCCC(NC(=O)C1(c2ccc(F)cc2)CCCC1)C(=O)O. The van der Waals surface area contributed by atoms with Crippen molar-refractivity contribution in [2.45, 2.75) is 50.0 Å². The largest absolute Gasteiger partial charge is 0.480 e. The molecule has 1 unspecified atom stereocenters. The van der Waals surface area contributed by atoms with Crippen LogP contribution in [0.5, 0.6) is 0 Å². The van der Waals surface area contributed by atoms with Crippen molar-refractivity contribution in [3.8, 4) is 0 Å². The van der Waals surface area contributed by atoms with Crippen LogP contribution in [-0.4, -0.2) is 23.0 Å². The molecule has 5 heteroatoms. The predicted octanol–water partition coefficient (Wildman–Crippen LogP) is 3.17. The Bertz CT molecular complexity index is 576. The molecule has 4 nitrogen and oxygen atoms in total. The Balaban J connectivity index is 2.22. The Labute approximate surface area is 135 Å². The van der Waals surface area contributed by atoms with Crippen LogP contribution in [-0.2, 0) is 15.0 Å². The first-order valence-electron chi connectivity index (χ1n) is 7.90. The fraction of sp³-hybridized carbons (Fsp3) is 0.444. The average molecular weight is 319 g/mol. The monoisotopic (exact) mass is 319 g/mol. The number of allylic oxidation sites excluding steroid dienone is 1. The third-order valence-electron chi connectivity index (χ3n) is 4.55. The lowest BCUT2D eigenvalue weighted by Crippen LogP contribution is -2.49. The van der Waals surface area contributed by atoms with Gasteiger partial charge in [0.2, 0.25) is 5.91 Å². The molecule has 124 valence electrons. The number of halogens is 1. The molecular formula is C18H22FNO3. The van der Waals surface area contributed by atoms with Gasteiger partial charge in [0.05, 0.1) is 5.41 Å². The molecule has 1 fully saturated rings. The molecule has 0 heterocycles. The molecular weight excluding hydrogens is 297 g/mol. The maximum absolute atomic E-state index is 13.2. The van der Waals surface area contributed by atoms with E-state index in [2.05, 4.69) is 11.9 Å². The highest BCUT2D eigenvalue weighted by atomic mass is 19.1. The zero-order chi connectivity index (χ0) is 16.9. The number of amides is 1. The summed E-state index contributed by atoms with van der Waals surface area (Å²) >= 11 is 0. The molecule has 1 atom stereocenters. The summed E-state index contributed by atoms with van der Waals surface area (Å²) in [6.45, 7) is 3.58. The normalized spacial score (nSPS) is 17.4. The van der Waals surface area contributed by atoms with Crippen LogP contribution in [0.3, 0.4) is 0 Å². The number of hydrogen-bond donors (Lipinski definition) is 2. The van der Waals surface area contributed by atoms with Crippen molar-refractivity contribution >= 4 is 11.9 Å². The second kappa shape index (κ2) is 7.40. The molecule has 1 aliphatic rings. The third-order valence-corrected chi connectivity index (χ3v) is 4.55. The average Bonchev–Trinajstić information content (AvgIpc) is 3.02. The van der Waals surface area contributed by atoms with Crippen LogP contribution in [0.2, 0.25) is 0 Å². The van der Waals surface area contributed by atoms with Gasteiger partial charge < -0.3 is 10.4 Å². The molecule has 1 aromatic carbocycles. The molecule has 0 bridgehead atoms. The molecule has 0 aromatic heterocycles. The number of carboxylic acid groups (broad SMARTS) is 1. The molecule has 0 saturated heterocycles. The minimum atomic E-state index is -1.05. The summed E-state index contributed by atoms with van der Waals surface area (Å²) in [6.07, 6.45) is 5.55. The van der Waals surface area contributed by atoms with Gasteiger partial charge in [0, 0.05) is 0 Å². The van der Waals surface area contributed by atoms with E-state index >= 15 is 0 Å². The lowest BCUT2D eigenvalue weighted by Gasteiger charge is -2.30. The molecule has 0 aliphatic heterocycles. The fourth-order valence-electron chi connectivity index (χ4n) is 3.23. The maximum Gasteiger partial charge on any atom is 0.326 e. The summed E-state index contributed by atoms with van der Waals surface area (Å²) in [5, 5.41) is 12.0. The molecule has 1 aromatic rings. The van der Waals surface area contributed by atoms with Gasteiger partial charge in [-0.2, -0.15) is 0 Å². The smallest absolute Gasteiger partial charge is 0.326 e. The van der Waals surface area contributed by atoms with Crippen LogP contribution < -0.4 is 5.32 Å². The topological polar surface area (TPSA) is 66.4 Å². The van der Waals surface area contributed by atoms with Crippen molar-refractivity contribution in [3.05, 3.63) is 48.3 Å². The van der Waals surface area contributed by atoms with Crippen molar-refractivity contribution < 1.29 is 19.1 Å². The van der Waals surface area contributed by atoms with E-state index in [0.29, 0.717) is 25.7 Å². The number of benzene rings is 1.